The van der Waals surface area contributed by atoms with Gasteiger partial charge in [-0.2, -0.15) is 5.10 Å². The number of piperidine rings is 1. The molecule has 0 amide bonds. The van der Waals surface area contributed by atoms with Gasteiger partial charge < -0.3 is 10.6 Å². The average molecular weight is 257 g/mol. The maximum absolute atomic E-state index is 11.6. The summed E-state index contributed by atoms with van der Waals surface area (Å²) in [6.07, 6.45) is 5.24. The van der Waals surface area contributed by atoms with Gasteiger partial charge in [-0.05, 0) is 19.4 Å². The summed E-state index contributed by atoms with van der Waals surface area (Å²) in [6.45, 7) is 1.84. The molecule has 6 heteroatoms. The fraction of sp³-hybridized carbons (Fsp3) is 0.636. The van der Waals surface area contributed by atoms with Crippen LogP contribution < -0.4 is 16.2 Å². The molecule has 2 N–H and O–H groups in total. The third kappa shape index (κ3) is 2.98. The zero-order valence-electron chi connectivity index (χ0n) is 9.87. The topological polar surface area (TPSA) is 59.0 Å². The van der Waals surface area contributed by atoms with Gasteiger partial charge in [0, 0.05) is 19.6 Å². The molecule has 0 saturated carbocycles. The van der Waals surface area contributed by atoms with Crippen molar-refractivity contribution in [1.82, 2.24) is 15.1 Å². The normalized spacial score (nSPS) is 20.2. The van der Waals surface area contributed by atoms with E-state index in [1.165, 1.54) is 17.5 Å². The monoisotopic (exact) mass is 256 g/mol. The highest BCUT2D eigenvalue weighted by Crippen LogP contribution is 2.15. The van der Waals surface area contributed by atoms with E-state index in [1.807, 2.05) is 0 Å². The van der Waals surface area contributed by atoms with Crippen LogP contribution in [0.3, 0.4) is 0 Å². The van der Waals surface area contributed by atoms with Gasteiger partial charge in [0.15, 0.2) is 0 Å². The highest BCUT2D eigenvalue weighted by Gasteiger charge is 2.13. The average Bonchev–Trinajstić information content (AvgIpc) is 2.36. The SMILES string of the molecule is Cn1ncc(NCC2CCCCN2)c(Cl)c1=O. The number of halogens is 1. The van der Waals surface area contributed by atoms with E-state index in [2.05, 4.69) is 15.7 Å². The summed E-state index contributed by atoms with van der Waals surface area (Å²) in [4.78, 5) is 11.6. The number of aryl methyl sites for hydroxylation is 1. The van der Waals surface area contributed by atoms with Gasteiger partial charge in [0.2, 0.25) is 0 Å². The smallest absolute Gasteiger partial charge is 0.287 e. The summed E-state index contributed by atoms with van der Waals surface area (Å²) in [6, 6.07) is 0.448. The Morgan fingerprint density at radius 3 is 3.18 bits per heavy atom. The second-order valence-electron chi connectivity index (χ2n) is 4.33. The summed E-state index contributed by atoms with van der Waals surface area (Å²) in [7, 11) is 1.58. The molecule has 1 atom stereocenters. The van der Waals surface area contributed by atoms with Gasteiger partial charge in [0.05, 0.1) is 11.9 Å². The standard InChI is InChI=1S/C11H17ClN4O/c1-16-11(17)10(12)9(7-15-16)14-6-8-4-2-3-5-13-8/h7-8,13-14H,2-6H2,1H3. The quantitative estimate of drug-likeness (QED) is 0.847. The molecule has 1 saturated heterocycles. The Morgan fingerprint density at radius 2 is 2.47 bits per heavy atom. The van der Waals surface area contributed by atoms with Crippen LogP contribution in [0.4, 0.5) is 5.69 Å². The van der Waals surface area contributed by atoms with Crippen LogP contribution in [0.5, 0.6) is 0 Å². The van der Waals surface area contributed by atoms with Crippen LogP contribution in [0.2, 0.25) is 5.02 Å². The van der Waals surface area contributed by atoms with E-state index < -0.39 is 0 Å². The Bertz CT molecular complexity index is 440. The van der Waals surface area contributed by atoms with E-state index in [1.54, 1.807) is 13.2 Å². The van der Waals surface area contributed by atoms with Crippen molar-refractivity contribution in [3.8, 4) is 0 Å². The minimum absolute atomic E-state index is 0.207. The fourth-order valence-corrected chi connectivity index (χ4v) is 2.20. The minimum atomic E-state index is -0.270. The second kappa shape index (κ2) is 5.51. The summed E-state index contributed by atoms with van der Waals surface area (Å²) >= 11 is 5.96. The van der Waals surface area contributed by atoms with Gasteiger partial charge in [-0.15, -0.1) is 0 Å². The highest BCUT2D eigenvalue weighted by molar-refractivity contribution is 6.32. The van der Waals surface area contributed by atoms with Gasteiger partial charge in [0.1, 0.15) is 5.02 Å². The van der Waals surface area contributed by atoms with E-state index in [4.69, 9.17) is 11.6 Å². The lowest BCUT2D eigenvalue weighted by molar-refractivity contribution is 0.414. The second-order valence-corrected chi connectivity index (χ2v) is 4.71. The molecule has 2 rings (SSSR count). The lowest BCUT2D eigenvalue weighted by atomic mass is 10.1. The van der Waals surface area contributed by atoms with Gasteiger partial charge in [-0.25, -0.2) is 4.68 Å². The van der Waals surface area contributed by atoms with Crippen molar-refractivity contribution >= 4 is 17.3 Å². The molecule has 1 fully saturated rings. The molecular formula is C11H17ClN4O. The van der Waals surface area contributed by atoms with E-state index in [0.29, 0.717) is 11.7 Å². The van der Waals surface area contributed by atoms with Crippen molar-refractivity contribution in [1.29, 1.82) is 0 Å². The molecule has 1 unspecified atom stereocenters. The summed E-state index contributed by atoms with van der Waals surface area (Å²) in [5.74, 6) is 0. The molecule has 0 aromatic carbocycles. The van der Waals surface area contributed by atoms with Crippen LogP contribution in [0.1, 0.15) is 19.3 Å². The van der Waals surface area contributed by atoms with Gasteiger partial charge >= 0.3 is 0 Å². The first kappa shape index (κ1) is 12.4. The number of nitrogens with one attached hydrogen (secondary N) is 2. The zero-order valence-corrected chi connectivity index (χ0v) is 10.6. The lowest BCUT2D eigenvalue weighted by Crippen LogP contribution is -2.39. The van der Waals surface area contributed by atoms with Gasteiger partial charge in [-0.1, -0.05) is 18.0 Å². The molecule has 1 aliphatic heterocycles. The predicted octanol–water partition coefficient (Wildman–Crippen LogP) is 0.988. The lowest BCUT2D eigenvalue weighted by Gasteiger charge is -2.24. The number of rotatable bonds is 3. The van der Waals surface area contributed by atoms with Crippen molar-refractivity contribution in [2.24, 2.45) is 7.05 Å². The Kier molecular flexibility index (Phi) is 4.02. The van der Waals surface area contributed by atoms with Crippen LogP contribution in [0.25, 0.3) is 0 Å². The molecule has 0 radical (unpaired) electrons. The highest BCUT2D eigenvalue weighted by atomic mass is 35.5. The molecule has 1 aliphatic rings. The van der Waals surface area contributed by atoms with Crippen LogP contribution in [-0.2, 0) is 7.05 Å². The molecule has 0 aliphatic carbocycles. The first-order chi connectivity index (χ1) is 8.18. The molecular weight excluding hydrogens is 240 g/mol. The van der Waals surface area contributed by atoms with E-state index in [9.17, 15) is 4.79 Å². The van der Waals surface area contributed by atoms with E-state index in [-0.39, 0.29) is 10.6 Å². The Labute approximate surface area is 105 Å². The summed E-state index contributed by atoms with van der Waals surface area (Å²) < 4.78 is 1.23. The summed E-state index contributed by atoms with van der Waals surface area (Å²) in [5.41, 5.74) is 0.343. The van der Waals surface area contributed by atoms with Crippen molar-refractivity contribution in [3.63, 3.8) is 0 Å². The largest absolute Gasteiger partial charge is 0.381 e. The molecule has 2 heterocycles. The molecule has 94 valence electrons. The Morgan fingerprint density at radius 1 is 1.65 bits per heavy atom. The van der Waals surface area contributed by atoms with Crippen molar-refractivity contribution < 1.29 is 0 Å². The minimum Gasteiger partial charge on any atom is -0.381 e. The molecule has 5 nitrogen and oxygen atoms in total. The van der Waals surface area contributed by atoms with Crippen molar-refractivity contribution in [2.45, 2.75) is 25.3 Å². The van der Waals surface area contributed by atoms with Crippen LogP contribution in [-0.4, -0.2) is 28.9 Å². The van der Waals surface area contributed by atoms with Crippen LogP contribution in [0, 0.1) is 0 Å². The maximum Gasteiger partial charge on any atom is 0.287 e. The first-order valence-electron chi connectivity index (χ1n) is 5.87. The number of aromatic nitrogens is 2. The number of nitrogens with zero attached hydrogens (tertiary/aromatic N) is 2. The van der Waals surface area contributed by atoms with E-state index in [0.717, 1.165) is 19.5 Å². The molecule has 0 bridgehead atoms. The molecule has 1 aromatic rings. The Balaban J connectivity index is 1.99. The van der Waals surface area contributed by atoms with Gasteiger partial charge in [-0.3, -0.25) is 4.79 Å². The third-order valence-electron chi connectivity index (χ3n) is 3.03. The number of anilines is 1. The molecule has 0 spiro atoms. The molecule has 17 heavy (non-hydrogen) atoms. The third-order valence-corrected chi connectivity index (χ3v) is 3.39. The number of hydrogen-bond acceptors (Lipinski definition) is 4. The van der Waals surface area contributed by atoms with E-state index >= 15 is 0 Å². The van der Waals surface area contributed by atoms with Crippen molar-refractivity contribution in [2.75, 3.05) is 18.4 Å². The number of hydrogen-bond donors (Lipinski definition) is 2. The maximum atomic E-state index is 11.6. The van der Waals surface area contributed by atoms with Gasteiger partial charge in [0.25, 0.3) is 5.56 Å². The van der Waals surface area contributed by atoms with Crippen molar-refractivity contribution in [3.05, 3.63) is 21.6 Å². The van der Waals surface area contributed by atoms with Crippen LogP contribution in [0.15, 0.2) is 11.0 Å². The Hall–Kier alpha value is -1.07. The predicted molar refractivity (Wildman–Crippen MR) is 68.6 cm³/mol. The fourth-order valence-electron chi connectivity index (χ4n) is 1.97. The first-order valence-corrected chi connectivity index (χ1v) is 6.25. The molecule has 1 aromatic heterocycles. The summed E-state index contributed by atoms with van der Waals surface area (Å²) in [5, 5.41) is 10.8. The van der Waals surface area contributed by atoms with Crippen LogP contribution >= 0.6 is 11.6 Å². The zero-order chi connectivity index (χ0) is 12.3.